The molecule has 1 aromatic rings. The number of ether oxygens (including phenoxy) is 1. The Bertz CT molecular complexity index is 500. The van der Waals surface area contributed by atoms with E-state index in [1.807, 2.05) is 19.9 Å². The fraction of sp³-hybridized carbons (Fsp3) is 0.500. The number of benzene rings is 1. The van der Waals surface area contributed by atoms with E-state index in [0.717, 1.165) is 5.56 Å². The molecule has 0 saturated carbocycles. The van der Waals surface area contributed by atoms with Crippen LogP contribution in [0.1, 0.15) is 38.7 Å². The maximum absolute atomic E-state index is 12.3. The Hall–Kier alpha value is -2.04. The van der Waals surface area contributed by atoms with Crippen LogP contribution in [0.5, 0.6) is 0 Å². The average Bonchev–Trinajstić information content (AvgIpc) is 2.44. The molecule has 116 valence electrons. The Morgan fingerprint density at radius 1 is 1.29 bits per heavy atom. The lowest BCUT2D eigenvalue weighted by molar-refractivity contribution is -0.145. The topological polar surface area (TPSA) is 81.4 Å². The minimum atomic E-state index is -0.619. The number of hydrogen-bond donors (Lipinski definition) is 2. The first-order valence-electron chi connectivity index (χ1n) is 7.08. The van der Waals surface area contributed by atoms with Gasteiger partial charge in [-0.3, -0.25) is 4.79 Å². The first-order chi connectivity index (χ1) is 9.85. The van der Waals surface area contributed by atoms with Gasteiger partial charge in [-0.1, -0.05) is 26.0 Å². The first kappa shape index (κ1) is 17.0. The molecule has 0 saturated heterocycles. The van der Waals surface area contributed by atoms with Gasteiger partial charge in [0.1, 0.15) is 6.04 Å². The van der Waals surface area contributed by atoms with Gasteiger partial charge in [-0.05, 0) is 37.0 Å². The molecular formula is C16H24N2O3. The quantitative estimate of drug-likeness (QED) is 0.621. The number of nitrogens with two attached hydrogens (primary N) is 1. The molecule has 0 aromatic heterocycles. The molecule has 2 atom stereocenters. The van der Waals surface area contributed by atoms with E-state index in [2.05, 4.69) is 5.32 Å². The second-order valence-corrected chi connectivity index (χ2v) is 5.61. The van der Waals surface area contributed by atoms with Crippen molar-refractivity contribution in [2.24, 2.45) is 5.92 Å². The molecule has 21 heavy (non-hydrogen) atoms. The van der Waals surface area contributed by atoms with Crippen molar-refractivity contribution in [1.82, 2.24) is 5.32 Å². The van der Waals surface area contributed by atoms with Crippen molar-refractivity contribution in [1.29, 1.82) is 0 Å². The molecule has 0 fully saturated rings. The van der Waals surface area contributed by atoms with Crippen LogP contribution in [0.2, 0.25) is 0 Å². The third-order valence-corrected chi connectivity index (χ3v) is 3.31. The van der Waals surface area contributed by atoms with E-state index >= 15 is 0 Å². The summed E-state index contributed by atoms with van der Waals surface area (Å²) in [6.45, 7) is 5.76. The van der Waals surface area contributed by atoms with Crippen LogP contribution in [0.25, 0.3) is 0 Å². The summed E-state index contributed by atoms with van der Waals surface area (Å²) in [5.41, 5.74) is 7.16. The summed E-state index contributed by atoms with van der Waals surface area (Å²) in [5.74, 6) is -0.738. The van der Waals surface area contributed by atoms with E-state index in [1.54, 1.807) is 25.1 Å². The van der Waals surface area contributed by atoms with Crippen molar-refractivity contribution in [2.75, 3.05) is 12.8 Å². The molecule has 3 N–H and O–H groups in total. The van der Waals surface area contributed by atoms with Crippen LogP contribution in [-0.2, 0) is 14.3 Å². The molecule has 5 nitrogen and oxygen atoms in total. The van der Waals surface area contributed by atoms with E-state index in [9.17, 15) is 9.59 Å². The number of amides is 1. The van der Waals surface area contributed by atoms with Crippen molar-refractivity contribution >= 4 is 17.6 Å². The molecule has 0 bridgehead atoms. The molecule has 5 heteroatoms. The summed E-state index contributed by atoms with van der Waals surface area (Å²) in [4.78, 5) is 24.0. The Balaban J connectivity index is 2.78. The highest BCUT2D eigenvalue weighted by atomic mass is 16.5. The van der Waals surface area contributed by atoms with Crippen molar-refractivity contribution in [3.63, 3.8) is 0 Å². The van der Waals surface area contributed by atoms with E-state index in [-0.39, 0.29) is 17.7 Å². The molecule has 1 rings (SSSR count). The molecule has 0 aliphatic carbocycles. The Morgan fingerprint density at radius 3 is 2.48 bits per heavy atom. The highest BCUT2D eigenvalue weighted by Gasteiger charge is 2.25. The van der Waals surface area contributed by atoms with Crippen molar-refractivity contribution < 1.29 is 14.3 Å². The van der Waals surface area contributed by atoms with Gasteiger partial charge >= 0.3 is 5.97 Å². The van der Waals surface area contributed by atoms with Gasteiger partial charge in [-0.15, -0.1) is 0 Å². The maximum atomic E-state index is 12.3. The number of methoxy groups -OCH3 is 1. The maximum Gasteiger partial charge on any atom is 0.328 e. The minimum absolute atomic E-state index is 0.211. The van der Waals surface area contributed by atoms with Gasteiger partial charge in [-0.2, -0.15) is 0 Å². The van der Waals surface area contributed by atoms with E-state index in [1.165, 1.54) is 7.11 Å². The lowest BCUT2D eigenvalue weighted by Gasteiger charge is -2.21. The number of hydrogen-bond acceptors (Lipinski definition) is 4. The Kier molecular flexibility index (Phi) is 6.21. The molecule has 0 heterocycles. The summed E-state index contributed by atoms with van der Waals surface area (Å²) in [6.07, 6.45) is 0.544. The summed E-state index contributed by atoms with van der Waals surface area (Å²) >= 11 is 0. The fourth-order valence-electron chi connectivity index (χ4n) is 2.10. The van der Waals surface area contributed by atoms with Gasteiger partial charge in [0, 0.05) is 5.69 Å². The second-order valence-electron chi connectivity index (χ2n) is 5.61. The number of nitrogens with one attached hydrogen (secondary N) is 1. The van der Waals surface area contributed by atoms with Crippen LogP contribution in [0.3, 0.4) is 0 Å². The largest absolute Gasteiger partial charge is 0.467 e. The summed E-state index contributed by atoms with van der Waals surface area (Å²) < 4.78 is 4.75. The van der Waals surface area contributed by atoms with Crippen molar-refractivity contribution in [3.05, 3.63) is 29.8 Å². The summed E-state index contributed by atoms with van der Waals surface area (Å²) in [7, 11) is 1.32. The van der Waals surface area contributed by atoms with E-state index in [0.29, 0.717) is 12.1 Å². The SMILES string of the molecule is COC(=O)C(CC(C)C)NC(=O)C(C)c1cccc(N)c1. The lowest BCUT2D eigenvalue weighted by atomic mass is 9.98. The monoisotopic (exact) mass is 292 g/mol. The van der Waals surface area contributed by atoms with Crippen molar-refractivity contribution in [3.8, 4) is 0 Å². The van der Waals surface area contributed by atoms with Crippen molar-refractivity contribution in [2.45, 2.75) is 39.2 Å². The fourth-order valence-corrected chi connectivity index (χ4v) is 2.10. The van der Waals surface area contributed by atoms with Crippen LogP contribution in [0.15, 0.2) is 24.3 Å². The van der Waals surface area contributed by atoms with Gasteiger partial charge < -0.3 is 15.8 Å². The molecule has 0 radical (unpaired) electrons. The van der Waals surface area contributed by atoms with E-state index < -0.39 is 12.0 Å². The second kappa shape index (κ2) is 7.67. The highest BCUT2D eigenvalue weighted by Crippen LogP contribution is 2.18. The molecule has 1 aromatic carbocycles. The lowest BCUT2D eigenvalue weighted by Crippen LogP contribution is -2.44. The molecule has 0 spiro atoms. The molecular weight excluding hydrogens is 268 g/mol. The van der Waals surface area contributed by atoms with Crippen LogP contribution in [0, 0.1) is 5.92 Å². The highest BCUT2D eigenvalue weighted by molar-refractivity contribution is 5.88. The number of rotatable bonds is 6. The van der Waals surface area contributed by atoms with Crippen LogP contribution in [-0.4, -0.2) is 25.0 Å². The number of carbonyl (C=O) groups excluding carboxylic acids is 2. The van der Waals surface area contributed by atoms with Gasteiger partial charge in [0.25, 0.3) is 0 Å². The van der Waals surface area contributed by atoms with Crippen LogP contribution >= 0.6 is 0 Å². The zero-order chi connectivity index (χ0) is 16.0. The van der Waals surface area contributed by atoms with E-state index in [4.69, 9.17) is 10.5 Å². The molecule has 0 aliphatic heterocycles. The van der Waals surface area contributed by atoms with Gasteiger partial charge in [0.2, 0.25) is 5.91 Å². The molecule has 2 unspecified atom stereocenters. The predicted octanol–water partition coefficient (Wildman–Crippen LogP) is 2.08. The average molecular weight is 292 g/mol. The Labute approximate surface area is 125 Å². The summed E-state index contributed by atoms with van der Waals surface area (Å²) in [6, 6.07) is 6.56. The molecule has 0 aliphatic rings. The predicted molar refractivity (Wildman–Crippen MR) is 82.7 cm³/mol. The van der Waals surface area contributed by atoms with Crippen LogP contribution < -0.4 is 11.1 Å². The van der Waals surface area contributed by atoms with Gasteiger partial charge in [0.15, 0.2) is 0 Å². The zero-order valence-electron chi connectivity index (χ0n) is 13.1. The third-order valence-electron chi connectivity index (χ3n) is 3.31. The summed E-state index contributed by atoms with van der Waals surface area (Å²) in [5, 5.41) is 2.76. The van der Waals surface area contributed by atoms with Crippen LogP contribution in [0.4, 0.5) is 5.69 Å². The normalized spacial score (nSPS) is 13.6. The number of nitrogen functional groups attached to an aromatic ring is 1. The zero-order valence-corrected chi connectivity index (χ0v) is 13.1. The third kappa shape index (κ3) is 5.10. The first-order valence-corrected chi connectivity index (χ1v) is 7.08. The molecule has 1 amide bonds. The number of esters is 1. The number of anilines is 1. The van der Waals surface area contributed by atoms with Gasteiger partial charge in [0.05, 0.1) is 13.0 Å². The standard InChI is InChI=1S/C16H24N2O3/c1-10(2)8-14(16(20)21-4)18-15(19)11(3)12-6-5-7-13(17)9-12/h5-7,9-11,14H,8,17H2,1-4H3,(H,18,19). The minimum Gasteiger partial charge on any atom is -0.467 e. The number of carbonyl (C=O) groups is 2. The Morgan fingerprint density at radius 2 is 1.95 bits per heavy atom. The smallest absolute Gasteiger partial charge is 0.328 e. The van der Waals surface area contributed by atoms with Gasteiger partial charge in [-0.25, -0.2) is 4.79 Å².